The summed E-state index contributed by atoms with van der Waals surface area (Å²) in [4.78, 5) is 0. The molecule has 0 aliphatic carbocycles. The summed E-state index contributed by atoms with van der Waals surface area (Å²) in [5, 5.41) is 3.28. The molecular weight excluding hydrogens is 221 g/mol. The van der Waals surface area contributed by atoms with Gasteiger partial charge in [0, 0.05) is 0 Å². The Morgan fingerprint density at radius 2 is 1.00 bits per heavy atom. The summed E-state index contributed by atoms with van der Waals surface area (Å²) < 4.78 is 0. The normalized spacial score (nSPS) is 14.8. The minimum absolute atomic E-state index is 0. The maximum atomic E-state index is 3.28. The third-order valence-corrected chi connectivity index (χ3v) is 1.87. The summed E-state index contributed by atoms with van der Waals surface area (Å²) in [6.07, 6.45) is 4.22. The van der Waals surface area contributed by atoms with Crippen molar-refractivity contribution in [1.29, 1.82) is 0 Å². The standard InChI is InChI=1S/C6H6.C5H11N.AsH3/c2*1-2-4-6-5-3-1;/h1-6H;6H,1-5H2;1H3. The quantitative estimate of drug-likeness (QED) is 0.674. The number of rotatable bonds is 0. The summed E-state index contributed by atoms with van der Waals surface area (Å²) in [6, 6.07) is 12.0. The van der Waals surface area contributed by atoms with Gasteiger partial charge in [0.2, 0.25) is 0 Å². The van der Waals surface area contributed by atoms with Gasteiger partial charge < -0.3 is 5.32 Å². The van der Waals surface area contributed by atoms with E-state index in [0.29, 0.717) is 0 Å². The molecule has 0 radical (unpaired) electrons. The number of nitrogens with one attached hydrogen (secondary N) is 1. The second kappa shape index (κ2) is 9.82. The first kappa shape index (κ1) is 12.7. The van der Waals surface area contributed by atoms with E-state index < -0.39 is 0 Å². The van der Waals surface area contributed by atoms with Gasteiger partial charge >= 0.3 is 18.0 Å². The van der Waals surface area contributed by atoms with Crippen molar-refractivity contribution < 1.29 is 0 Å². The molecule has 1 unspecified atom stereocenters. The molecule has 1 fully saturated rings. The van der Waals surface area contributed by atoms with Gasteiger partial charge in [-0.25, -0.2) is 0 Å². The van der Waals surface area contributed by atoms with Crippen molar-refractivity contribution in [2.75, 3.05) is 13.1 Å². The van der Waals surface area contributed by atoms with Crippen molar-refractivity contribution in [3.63, 3.8) is 0 Å². The molecular formula is C11H20AsN. The third-order valence-electron chi connectivity index (χ3n) is 1.87. The molecule has 1 aromatic rings. The topological polar surface area (TPSA) is 12.0 Å². The van der Waals surface area contributed by atoms with E-state index in [0.717, 1.165) is 0 Å². The molecule has 1 aromatic carbocycles. The number of piperidine rings is 1. The number of benzene rings is 1. The van der Waals surface area contributed by atoms with Gasteiger partial charge in [-0.1, -0.05) is 42.8 Å². The molecule has 1 saturated heterocycles. The Morgan fingerprint density at radius 1 is 0.615 bits per heavy atom. The number of hydrogen-bond donors (Lipinski definition) is 1. The van der Waals surface area contributed by atoms with Crippen LogP contribution in [0.5, 0.6) is 0 Å². The van der Waals surface area contributed by atoms with Crippen LogP contribution < -0.4 is 5.32 Å². The zero-order chi connectivity index (χ0) is 8.49. The van der Waals surface area contributed by atoms with Crippen LogP contribution in [-0.2, 0) is 0 Å². The van der Waals surface area contributed by atoms with E-state index in [1.165, 1.54) is 32.4 Å². The Balaban J connectivity index is 0.000000206. The summed E-state index contributed by atoms with van der Waals surface area (Å²) in [7, 11) is 0. The zero-order valence-corrected chi connectivity index (χ0v) is 11.2. The van der Waals surface area contributed by atoms with Crippen molar-refractivity contribution in [3.05, 3.63) is 36.4 Å². The van der Waals surface area contributed by atoms with Crippen LogP contribution in [0.4, 0.5) is 0 Å². The second-order valence-corrected chi connectivity index (χ2v) is 2.97. The van der Waals surface area contributed by atoms with Gasteiger partial charge in [0.25, 0.3) is 0 Å². The molecule has 1 N–H and O–H groups in total. The maximum absolute atomic E-state index is 3.28. The average Bonchev–Trinajstić information content (AvgIpc) is 2.24. The second-order valence-electron chi connectivity index (χ2n) is 2.97. The van der Waals surface area contributed by atoms with Gasteiger partial charge in [-0.05, 0) is 25.9 Å². The maximum Gasteiger partial charge on any atom is -0.0623 e. The summed E-state index contributed by atoms with van der Waals surface area (Å²) in [5.41, 5.74) is 0. The minimum Gasteiger partial charge on any atom is -0.0623 e. The largest absolute Gasteiger partial charge is 0.0623 e. The van der Waals surface area contributed by atoms with Crippen LogP contribution in [0.15, 0.2) is 36.4 Å². The Labute approximate surface area is 92.2 Å². The van der Waals surface area contributed by atoms with Crippen molar-refractivity contribution >= 4 is 18.0 Å². The molecule has 0 aromatic heterocycles. The van der Waals surface area contributed by atoms with E-state index in [4.69, 9.17) is 0 Å². The smallest absolute Gasteiger partial charge is 0.0623 e. The first-order chi connectivity index (χ1) is 6.00. The van der Waals surface area contributed by atoms with E-state index >= 15 is 0 Å². The van der Waals surface area contributed by atoms with Gasteiger partial charge in [0.05, 0.1) is 0 Å². The Morgan fingerprint density at radius 3 is 1.15 bits per heavy atom. The molecule has 1 heterocycles. The molecule has 1 aliphatic rings. The van der Waals surface area contributed by atoms with Gasteiger partial charge in [0.15, 0.2) is 0 Å². The third kappa shape index (κ3) is 8.08. The number of hydrogen-bond acceptors (Lipinski definition) is 1. The van der Waals surface area contributed by atoms with Crippen molar-refractivity contribution in [3.8, 4) is 0 Å². The van der Waals surface area contributed by atoms with Gasteiger partial charge in [0.1, 0.15) is 0 Å². The predicted molar refractivity (Wildman–Crippen MR) is 63.1 cm³/mol. The molecule has 0 spiro atoms. The van der Waals surface area contributed by atoms with E-state index in [1.807, 2.05) is 36.4 Å². The SMILES string of the molecule is C1CCNCC1.[AsH3].c1ccccc1. The van der Waals surface area contributed by atoms with Crippen LogP contribution in [0, 0.1) is 0 Å². The van der Waals surface area contributed by atoms with Gasteiger partial charge in [-0.3, -0.25) is 0 Å². The summed E-state index contributed by atoms with van der Waals surface area (Å²) in [5.74, 6) is 0. The minimum atomic E-state index is 0. The molecule has 2 rings (SSSR count). The Kier molecular flexibility index (Phi) is 9.63. The Hall–Kier alpha value is -0.262. The molecule has 13 heavy (non-hydrogen) atoms. The van der Waals surface area contributed by atoms with Crippen molar-refractivity contribution in [2.24, 2.45) is 0 Å². The van der Waals surface area contributed by atoms with Crippen LogP contribution in [-0.4, -0.2) is 31.0 Å². The monoisotopic (exact) mass is 241 g/mol. The molecule has 0 saturated carbocycles. The zero-order valence-electron chi connectivity index (χ0n) is 8.21. The van der Waals surface area contributed by atoms with Gasteiger partial charge in [-0.2, -0.15) is 0 Å². The first-order valence-electron chi connectivity index (χ1n) is 4.71. The molecule has 1 atom stereocenters. The van der Waals surface area contributed by atoms with Crippen LogP contribution in [0.1, 0.15) is 19.3 Å². The van der Waals surface area contributed by atoms with Crippen LogP contribution in [0.3, 0.4) is 0 Å². The fourth-order valence-electron chi connectivity index (χ4n) is 1.19. The molecule has 2 heteroatoms. The van der Waals surface area contributed by atoms with Crippen LogP contribution in [0.25, 0.3) is 0 Å². The van der Waals surface area contributed by atoms with E-state index in [9.17, 15) is 0 Å². The van der Waals surface area contributed by atoms with Gasteiger partial charge in [-0.15, -0.1) is 0 Å². The van der Waals surface area contributed by atoms with E-state index in [1.54, 1.807) is 0 Å². The fraction of sp³-hybridized carbons (Fsp3) is 0.455. The Bertz CT molecular complexity index is 134. The predicted octanol–water partition coefficient (Wildman–Crippen LogP) is 1.26. The molecule has 0 bridgehead atoms. The fourth-order valence-corrected chi connectivity index (χ4v) is 1.19. The molecule has 1 aliphatic heterocycles. The average molecular weight is 241 g/mol. The molecule has 74 valence electrons. The van der Waals surface area contributed by atoms with E-state index in [-0.39, 0.29) is 18.0 Å². The molecule has 1 nitrogen and oxygen atoms in total. The summed E-state index contributed by atoms with van der Waals surface area (Å²) in [6.45, 7) is 2.50. The molecule has 0 amide bonds. The van der Waals surface area contributed by atoms with E-state index in [2.05, 4.69) is 5.32 Å². The van der Waals surface area contributed by atoms with Crippen LogP contribution >= 0.6 is 0 Å². The van der Waals surface area contributed by atoms with Crippen molar-refractivity contribution in [2.45, 2.75) is 19.3 Å². The van der Waals surface area contributed by atoms with Crippen LogP contribution in [0.2, 0.25) is 0 Å². The first-order valence-corrected chi connectivity index (χ1v) is 4.71. The summed E-state index contributed by atoms with van der Waals surface area (Å²) >= 11 is 0. The van der Waals surface area contributed by atoms with Crippen molar-refractivity contribution in [1.82, 2.24) is 5.32 Å².